The van der Waals surface area contributed by atoms with Gasteiger partial charge in [-0.2, -0.15) is 0 Å². The Morgan fingerprint density at radius 2 is 2.50 bits per heavy atom. The van der Waals surface area contributed by atoms with Crippen molar-refractivity contribution >= 4 is 6.09 Å². The number of hydrogen-bond donors (Lipinski definition) is 0. The lowest BCUT2D eigenvalue weighted by atomic mass is 10.0. The lowest BCUT2D eigenvalue weighted by Gasteiger charge is -2.02. The van der Waals surface area contributed by atoms with Crippen LogP contribution >= 0.6 is 0 Å². The van der Waals surface area contributed by atoms with Crippen LogP contribution in [0.2, 0.25) is 0 Å². The number of carbonyl (C=O) groups is 1. The van der Waals surface area contributed by atoms with Crippen molar-refractivity contribution in [3.8, 4) is 0 Å². The van der Waals surface area contributed by atoms with E-state index in [1.807, 2.05) is 6.92 Å². The molecule has 6 heteroatoms. The SMILES string of the molecule is CC1(C2CC2)OC1COC(=O)N=[N+]=[N-]. The highest BCUT2D eigenvalue weighted by Gasteiger charge is 2.61. The minimum absolute atomic E-state index is 0.0205. The third kappa shape index (κ3) is 1.66. The molecule has 6 nitrogen and oxygen atoms in total. The van der Waals surface area contributed by atoms with E-state index in [0.29, 0.717) is 5.92 Å². The molecule has 2 rings (SSSR count). The Morgan fingerprint density at radius 1 is 1.79 bits per heavy atom. The van der Waals surface area contributed by atoms with Crippen molar-refractivity contribution in [1.29, 1.82) is 0 Å². The molecule has 1 saturated carbocycles. The van der Waals surface area contributed by atoms with Crippen LogP contribution in [0.1, 0.15) is 19.8 Å². The fourth-order valence-electron chi connectivity index (χ4n) is 1.70. The van der Waals surface area contributed by atoms with Crippen molar-refractivity contribution in [3.63, 3.8) is 0 Å². The number of hydrogen-bond acceptors (Lipinski definition) is 3. The summed E-state index contributed by atoms with van der Waals surface area (Å²) in [5, 5.41) is 2.80. The van der Waals surface area contributed by atoms with Gasteiger partial charge in [0.25, 0.3) is 0 Å². The van der Waals surface area contributed by atoms with Crippen molar-refractivity contribution in [2.24, 2.45) is 11.0 Å². The molecule has 76 valence electrons. The Balaban J connectivity index is 1.73. The Hall–Kier alpha value is -1.26. The van der Waals surface area contributed by atoms with E-state index in [-0.39, 0.29) is 18.3 Å². The van der Waals surface area contributed by atoms with Gasteiger partial charge in [-0.15, -0.1) is 0 Å². The van der Waals surface area contributed by atoms with E-state index in [2.05, 4.69) is 10.0 Å². The van der Waals surface area contributed by atoms with Crippen LogP contribution < -0.4 is 0 Å². The molecular formula is C8H11N3O3. The summed E-state index contributed by atoms with van der Waals surface area (Å²) in [6.45, 7) is 2.21. The predicted octanol–water partition coefficient (Wildman–Crippen LogP) is 2.00. The van der Waals surface area contributed by atoms with E-state index in [4.69, 9.17) is 15.0 Å². The Kier molecular flexibility index (Phi) is 2.09. The van der Waals surface area contributed by atoms with Crippen molar-refractivity contribution < 1.29 is 14.3 Å². The molecule has 0 N–H and O–H groups in total. The summed E-state index contributed by atoms with van der Waals surface area (Å²) in [5.74, 6) is 0.616. The lowest BCUT2D eigenvalue weighted by Crippen LogP contribution is -2.17. The second kappa shape index (κ2) is 3.15. The molecule has 0 radical (unpaired) electrons. The van der Waals surface area contributed by atoms with E-state index in [1.54, 1.807) is 0 Å². The number of ether oxygens (including phenoxy) is 2. The second-order valence-electron chi connectivity index (χ2n) is 3.83. The number of amides is 1. The number of epoxide rings is 1. The third-order valence-corrected chi connectivity index (χ3v) is 2.85. The van der Waals surface area contributed by atoms with Gasteiger partial charge >= 0.3 is 6.09 Å². The summed E-state index contributed by atoms with van der Waals surface area (Å²) in [6, 6.07) is 0. The minimum Gasteiger partial charge on any atom is -0.458 e. The van der Waals surface area contributed by atoms with Gasteiger partial charge in [0, 0.05) is 10.0 Å². The van der Waals surface area contributed by atoms with E-state index in [0.717, 1.165) is 0 Å². The summed E-state index contributed by atoms with van der Waals surface area (Å²) < 4.78 is 10.1. The molecule has 1 aliphatic carbocycles. The molecule has 2 fully saturated rings. The fraction of sp³-hybridized carbons (Fsp3) is 0.875. The van der Waals surface area contributed by atoms with E-state index in [9.17, 15) is 4.79 Å². The molecule has 2 unspecified atom stereocenters. The Labute approximate surface area is 80.8 Å². The van der Waals surface area contributed by atoms with Crippen molar-refractivity contribution in [3.05, 3.63) is 10.4 Å². The van der Waals surface area contributed by atoms with Gasteiger partial charge in [0.05, 0.1) is 5.60 Å². The summed E-state index contributed by atoms with van der Waals surface area (Å²) >= 11 is 0. The number of nitrogens with zero attached hydrogens (tertiary/aromatic N) is 3. The molecule has 0 aromatic rings. The molecule has 0 aromatic heterocycles. The first kappa shape index (κ1) is 9.30. The van der Waals surface area contributed by atoms with Crippen molar-refractivity contribution in [2.45, 2.75) is 31.5 Å². The third-order valence-electron chi connectivity index (χ3n) is 2.85. The van der Waals surface area contributed by atoms with Crippen LogP contribution in [0.25, 0.3) is 10.4 Å². The number of azide groups is 1. The van der Waals surface area contributed by atoms with Gasteiger partial charge in [-0.1, -0.05) is 0 Å². The molecule has 2 atom stereocenters. The minimum atomic E-state index is -0.888. The average Bonchev–Trinajstić information content (AvgIpc) is 2.95. The Bertz CT molecular complexity index is 309. The number of rotatable bonds is 3. The van der Waals surface area contributed by atoms with Gasteiger partial charge in [0.2, 0.25) is 0 Å². The molecule has 2 aliphatic rings. The zero-order chi connectivity index (χ0) is 10.2. The second-order valence-corrected chi connectivity index (χ2v) is 3.83. The van der Waals surface area contributed by atoms with E-state index < -0.39 is 6.09 Å². The van der Waals surface area contributed by atoms with Crippen LogP contribution in [0.5, 0.6) is 0 Å². The van der Waals surface area contributed by atoms with Gasteiger partial charge in [-0.3, -0.25) is 0 Å². The average molecular weight is 197 g/mol. The van der Waals surface area contributed by atoms with Gasteiger partial charge < -0.3 is 9.47 Å². The highest BCUT2D eigenvalue weighted by Crippen LogP contribution is 2.53. The summed E-state index contributed by atoms with van der Waals surface area (Å²) in [6.07, 6.45) is 1.48. The predicted molar refractivity (Wildman–Crippen MR) is 46.5 cm³/mol. The molecular weight excluding hydrogens is 186 g/mol. The first-order valence-corrected chi connectivity index (χ1v) is 4.56. The molecule has 0 spiro atoms. The first-order chi connectivity index (χ1) is 6.66. The maximum Gasteiger partial charge on any atom is 0.396 e. The lowest BCUT2D eigenvalue weighted by molar-refractivity contribution is 0.146. The standard InChI is InChI=1S/C8H11N3O3/c1-8(5-2-3-5)6(14-8)4-13-7(12)10-11-9/h5-6H,2-4H2,1H3. The zero-order valence-corrected chi connectivity index (χ0v) is 7.84. The highest BCUT2D eigenvalue weighted by atomic mass is 16.6. The monoisotopic (exact) mass is 197 g/mol. The topological polar surface area (TPSA) is 87.6 Å². The first-order valence-electron chi connectivity index (χ1n) is 4.56. The van der Waals surface area contributed by atoms with Crippen LogP contribution in [0.4, 0.5) is 4.79 Å². The largest absolute Gasteiger partial charge is 0.458 e. The smallest absolute Gasteiger partial charge is 0.396 e. The van der Waals surface area contributed by atoms with Crippen LogP contribution in [-0.2, 0) is 9.47 Å². The maximum atomic E-state index is 10.7. The van der Waals surface area contributed by atoms with Gasteiger partial charge in [0.1, 0.15) is 12.7 Å². The Morgan fingerprint density at radius 3 is 3.07 bits per heavy atom. The van der Waals surface area contributed by atoms with Gasteiger partial charge in [0.15, 0.2) is 0 Å². The van der Waals surface area contributed by atoms with Crippen molar-refractivity contribution in [1.82, 2.24) is 0 Å². The quantitative estimate of drug-likeness (QED) is 0.300. The molecule has 0 aromatic carbocycles. The molecule has 1 aliphatic heterocycles. The summed E-state index contributed by atoms with van der Waals surface area (Å²) in [5.41, 5.74) is 7.84. The van der Waals surface area contributed by atoms with Gasteiger partial charge in [-0.05, 0) is 31.2 Å². The molecule has 1 saturated heterocycles. The molecule has 1 amide bonds. The normalized spacial score (nSPS) is 34.5. The highest BCUT2D eigenvalue weighted by molar-refractivity contribution is 5.68. The van der Waals surface area contributed by atoms with E-state index >= 15 is 0 Å². The molecule has 0 bridgehead atoms. The fourth-order valence-corrected chi connectivity index (χ4v) is 1.70. The van der Waals surface area contributed by atoms with Crippen LogP contribution in [0, 0.1) is 5.92 Å². The molecule has 14 heavy (non-hydrogen) atoms. The number of carbonyl (C=O) groups excluding carboxylic acids is 1. The summed E-state index contributed by atoms with van der Waals surface area (Å²) in [7, 11) is 0. The van der Waals surface area contributed by atoms with Crippen LogP contribution in [0.3, 0.4) is 0 Å². The van der Waals surface area contributed by atoms with Gasteiger partial charge in [-0.25, -0.2) is 4.79 Å². The maximum absolute atomic E-state index is 10.7. The summed E-state index contributed by atoms with van der Waals surface area (Å²) in [4.78, 5) is 13.0. The molecule has 1 heterocycles. The zero-order valence-electron chi connectivity index (χ0n) is 7.84. The van der Waals surface area contributed by atoms with E-state index in [1.165, 1.54) is 12.8 Å². The van der Waals surface area contributed by atoms with Crippen LogP contribution in [-0.4, -0.2) is 24.4 Å². The van der Waals surface area contributed by atoms with Crippen molar-refractivity contribution in [2.75, 3.05) is 6.61 Å². The van der Waals surface area contributed by atoms with Crippen LogP contribution in [0.15, 0.2) is 5.11 Å².